The van der Waals surface area contributed by atoms with Crippen molar-refractivity contribution in [2.45, 2.75) is 40.7 Å². The average molecular weight is 396 g/mol. The second-order valence-electron chi connectivity index (χ2n) is 7.31. The van der Waals surface area contributed by atoms with Crippen molar-refractivity contribution in [3.8, 4) is 0 Å². The lowest BCUT2D eigenvalue weighted by Crippen LogP contribution is -2.38. The van der Waals surface area contributed by atoms with Crippen molar-refractivity contribution in [3.63, 3.8) is 0 Å². The SMILES string of the molecule is CCNc1ncnc2sc3c(c12)CCN(C(=O)Nc1c(C)cc(C)cc1C)C3. The Balaban J connectivity index is 1.58. The molecule has 1 aliphatic rings. The largest absolute Gasteiger partial charge is 0.370 e. The summed E-state index contributed by atoms with van der Waals surface area (Å²) >= 11 is 1.66. The Morgan fingerprint density at radius 3 is 2.68 bits per heavy atom. The Hall–Kier alpha value is -2.67. The quantitative estimate of drug-likeness (QED) is 0.678. The van der Waals surface area contributed by atoms with E-state index in [4.69, 9.17) is 0 Å². The second kappa shape index (κ2) is 7.39. The molecule has 28 heavy (non-hydrogen) atoms. The van der Waals surface area contributed by atoms with E-state index in [9.17, 15) is 4.79 Å². The smallest absolute Gasteiger partial charge is 0.322 e. The van der Waals surface area contributed by atoms with Crippen LogP contribution in [0.4, 0.5) is 16.3 Å². The van der Waals surface area contributed by atoms with Crippen LogP contribution in [0, 0.1) is 20.8 Å². The molecule has 2 amide bonds. The van der Waals surface area contributed by atoms with Crippen LogP contribution in [0.3, 0.4) is 0 Å². The summed E-state index contributed by atoms with van der Waals surface area (Å²) in [6, 6.07) is 4.16. The molecule has 0 unspecified atom stereocenters. The molecule has 3 aromatic rings. The second-order valence-corrected chi connectivity index (χ2v) is 8.40. The molecule has 1 aromatic carbocycles. The lowest BCUT2D eigenvalue weighted by Gasteiger charge is -2.28. The fraction of sp³-hybridized carbons (Fsp3) is 0.381. The molecule has 2 aromatic heterocycles. The van der Waals surface area contributed by atoms with Gasteiger partial charge in [0, 0.05) is 23.7 Å². The summed E-state index contributed by atoms with van der Waals surface area (Å²) in [6.07, 6.45) is 2.43. The van der Waals surface area contributed by atoms with E-state index in [1.54, 1.807) is 17.7 Å². The van der Waals surface area contributed by atoms with Gasteiger partial charge in [-0.1, -0.05) is 17.7 Å². The van der Waals surface area contributed by atoms with Crippen molar-refractivity contribution in [1.82, 2.24) is 14.9 Å². The number of amides is 2. The number of hydrogen-bond acceptors (Lipinski definition) is 5. The summed E-state index contributed by atoms with van der Waals surface area (Å²) in [5.74, 6) is 0.897. The summed E-state index contributed by atoms with van der Waals surface area (Å²) in [7, 11) is 0. The van der Waals surface area contributed by atoms with Gasteiger partial charge in [-0.3, -0.25) is 0 Å². The Kier molecular flexibility index (Phi) is 4.93. The zero-order valence-electron chi connectivity index (χ0n) is 16.7. The molecule has 0 radical (unpaired) electrons. The highest BCUT2D eigenvalue weighted by molar-refractivity contribution is 7.19. The van der Waals surface area contributed by atoms with Crippen molar-refractivity contribution in [2.75, 3.05) is 23.7 Å². The number of thiophene rings is 1. The van der Waals surface area contributed by atoms with Gasteiger partial charge in [-0.25, -0.2) is 14.8 Å². The van der Waals surface area contributed by atoms with Crippen LogP contribution in [0.25, 0.3) is 10.2 Å². The highest BCUT2D eigenvalue weighted by atomic mass is 32.1. The summed E-state index contributed by atoms with van der Waals surface area (Å²) in [5, 5.41) is 7.58. The van der Waals surface area contributed by atoms with E-state index in [1.807, 2.05) is 18.7 Å². The van der Waals surface area contributed by atoms with E-state index in [1.165, 1.54) is 16.0 Å². The third kappa shape index (κ3) is 3.30. The summed E-state index contributed by atoms with van der Waals surface area (Å²) in [4.78, 5) is 25.9. The first-order valence-electron chi connectivity index (χ1n) is 9.60. The highest BCUT2D eigenvalue weighted by Crippen LogP contribution is 2.37. The lowest BCUT2D eigenvalue weighted by molar-refractivity contribution is 0.207. The molecule has 4 rings (SSSR count). The number of hydrogen-bond donors (Lipinski definition) is 2. The molecule has 1 aliphatic heterocycles. The number of aromatic nitrogens is 2. The minimum atomic E-state index is -0.0452. The van der Waals surface area contributed by atoms with E-state index in [-0.39, 0.29) is 6.03 Å². The van der Waals surface area contributed by atoms with Crippen LogP contribution in [-0.2, 0) is 13.0 Å². The number of rotatable bonds is 3. The number of carbonyl (C=O) groups is 1. The minimum absolute atomic E-state index is 0.0452. The van der Waals surface area contributed by atoms with Crippen LogP contribution >= 0.6 is 11.3 Å². The monoisotopic (exact) mass is 395 g/mol. The molecular formula is C21H25N5OS. The van der Waals surface area contributed by atoms with E-state index in [0.29, 0.717) is 13.1 Å². The summed E-state index contributed by atoms with van der Waals surface area (Å²) in [5.41, 5.74) is 5.59. The van der Waals surface area contributed by atoms with Crippen molar-refractivity contribution in [1.29, 1.82) is 0 Å². The molecular weight excluding hydrogens is 370 g/mol. The fourth-order valence-electron chi connectivity index (χ4n) is 3.97. The summed E-state index contributed by atoms with van der Waals surface area (Å²) < 4.78 is 0. The Bertz CT molecular complexity index is 1040. The maximum atomic E-state index is 12.9. The van der Waals surface area contributed by atoms with Gasteiger partial charge in [0.25, 0.3) is 0 Å². The molecule has 0 saturated carbocycles. The van der Waals surface area contributed by atoms with Gasteiger partial charge in [0.2, 0.25) is 0 Å². The standard InChI is InChI=1S/C21H25N5OS/c1-5-22-19-17-15-6-7-26(10-16(15)28-20(17)24-11-23-19)21(27)25-18-13(3)8-12(2)9-14(18)4/h8-9,11H,5-7,10H2,1-4H3,(H,25,27)(H,22,23,24). The van der Waals surface area contributed by atoms with Crippen molar-refractivity contribution >= 4 is 39.1 Å². The molecule has 6 nitrogen and oxygen atoms in total. The molecule has 0 saturated heterocycles. The number of urea groups is 1. The molecule has 3 heterocycles. The number of benzene rings is 1. The molecule has 0 bridgehead atoms. The van der Waals surface area contributed by atoms with E-state index < -0.39 is 0 Å². The highest BCUT2D eigenvalue weighted by Gasteiger charge is 2.26. The molecule has 7 heteroatoms. The average Bonchev–Trinajstić information content (AvgIpc) is 3.03. The zero-order chi connectivity index (χ0) is 19.8. The van der Waals surface area contributed by atoms with E-state index >= 15 is 0 Å². The first kappa shape index (κ1) is 18.7. The summed E-state index contributed by atoms with van der Waals surface area (Å²) in [6.45, 7) is 10.3. The van der Waals surface area contributed by atoms with Crippen molar-refractivity contribution < 1.29 is 4.79 Å². The Labute approximate surface area is 169 Å². The van der Waals surface area contributed by atoms with Crippen LogP contribution in [0.5, 0.6) is 0 Å². The fourth-order valence-corrected chi connectivity index (χ4v) is 5.17. The molecule has 0 spiro atoms. The van der Waals surface area contributed by atoms with Gasteiger partial charge in [-0.05, 0) is 50.8 Å². The topological polar surface area (TPSA) is 70.2 Å². The number of anilines is 2. The van der Waals surface area contributed by atoms with Gasteiger partial charge < -0.3 is 15.5 Å². The molecule has 0 aliphatic carbocycles. The van der Waals surface area contributed by atoms with Gasteiger partial charge in [0.05, 0.1) is 11.9 Å². The Morgan fingerprint density at radius 2 is 1.96 bits per heavy atom. The molecule has 2 N–H and O–H groups in total. The normalized spacial score (nSPS) is 13.5. The van der Waals surface area contributed by atoms with Gasteiger partial charge in [0.15, 0.2) is 0 Å². The van der Waals surface area contributed by atoms with E-state index in [0.717, 1.165) is 45.8 Å². The zero-order valence-corrected chi connectivity index (χ0v) is 17.5. The van der Waals surface area contributed by atoms with Crippen LogP contribution < -0.4 is 10.6 Å². The van der Waals surface area contributed by atoms with Crippen LogP contribution in [0.1, 0.15) is 34.1 Å². The predicted octanol–water partition coefficient (Wildman–Crippen LogP) is 4.64. The first-order chi connectivity index (χ1) is 13.5. The van der Waals surface area contributed by atoms with E-state index in [2.05, 4.69) is 46.6 Å². The molecule has 0 fully saturated rings. The Morgan fingerprint density at radius 1 is 1.21 bits per heavy atom. The predicted molar refractivity (Wildman–Crippen MR) is 115 cm³/mol. The lowest BCUT2D eigenvalue weighted by atomic mass is 10.0. The van der Waals surface area contributed by atoms with Gasteiger partial charge in [-0.2, -0.15) is 0 Å². The third-order valence-electron chi connectivity index (χ3n) is 5.18. The number of aryl methyl sites for hydroxylation is 3. The van der Waals surface area contributed by atoms with Gasteiger partial charge in [-0.15, -0.1) is 11.3 Å². The van der Waals surface area contributed by atoms with Gasteiger partial charge >= 0.3 is 6.03 Å². The number of nitrogens with one attached hydrogen (secondary N) is 2. The molecule has 146 valence electrons. The maximum absolute atomic E-state index is 12.9. The van der Waals surface area contributed by atoms with Crippen molar-refractivity contribution in [3.05, 3.63) is 45.6 Å². The number of carbonyl (C=O) groups excluding carboxylic acids is 1. The minimum Gasteiger partial charge on any atom is -0.370 e. The number of fused-ring (bicyclic) bond motifs is 3. The van der Waals surface area contributed by atoms with Crippen LogP contribution in [0.15, 0.2) is 18.5 Å². The van der Waals surface area contributed by atoms with Gasteiger partial charge in [0.1, 0.15) is 17.0 Å². The van der Waals surface area contributed by atoms with Crippen LogP contribution in [-0.4, -0.2) is 34.0 Å². The van der Waals surface area contributed by atoms with Crippen molar-refractivity contribution in [2.24, 2.45) is 0 Å². The third-order valence-corrected chi connectivity index (χ3v) is 6.30. The number of nitrogens with zero attached hydrogens (tertiary/aromatic N) is 3. The molecule has 0 atom stereocenters. The maximum Gasteiger partial charge on any atom is 0.322 e. The first-order valence-corrected chi connectivity index (χ1v) is 10.4. The van der Waals surface area contributed by atoms with Crippen LogP contribution in [0.2, 0.25) is 0 Å².